The summed E-state index contributed by atoms with van der Waals surface area (Å²) in [6.07, 6.45) is 24.0. The number of likely N-dealkylation sites (tertiary alicyclic amines) is 1. The third-order valence-corrected chi connectivity index (χ3v) is 12.8. The minimum atomic E-state index is -1.21. The molecular weight excluding hydrogens is 796 g/mol. The van der Waals surface area contributed by atoms with Gasteiger partial charge in [-0.2, -0.15) is 0 Å². The molecule has 3 rings (SSSR count). The Kier molecular flexibility index (Phi) is 24.8. The van der Waals surface area contributed by atoms with E-state index in [4.69, 9.17) is 23.1 Å². The number of hydrogen-bond donors (Lipinski definition) is 7. The van der Waals surface area contributed by atoms with Crippen LogP contribution in [0.5, 0.6) is 0 Å². The molecule has 344 valence electrons. The molecule has 2 aliphatic rings. The molecule has 1 aliphatic carbocycles. The Morgan fingerprint density at radius 2 is 1.41 bits per heavy atom. The molecule has 0 radical (unpaired) electrons. The third-order valence-electron chi connectivity index (χ3n) is 12.5. The number of hydrogen-bond acceptors (Lipinski definition) is 7. The summed E-state index contributed by atoms with van der Waals surface area (Å²) in [5, 5.41) is 22.3. The van der Waals surface area contributed by atoms with E-state index in [2.05, 4.69) is 38.1 Å². The van der Waals surface area contributed by atoms with Crippen LogP contribution in [0, 0.1) is 11.8 Å². The number of rotatable bonds is 29. The van der Waals surface area contributed by atoms with E-state index in [-0.39, 0.29) is 42.8 Å². The number of aliphatic carboxylic acids is 1. The number of amides is 4. The second-order valence-electron chi connectivity index (χ2n) is 17.3. The van der Waals surface area contributed by atoms with E-state index in [0.717, 1.165) is 51.4 Å². The third kappa shape index (κ3) is 20.2. The van der Waals surface area contributed by atoms with Crippen molar-refractivity contribution in [3.8, 4) is 0 Å². The summed E-state index contributed by atoms with van der Waals surface area (Å²) in [6.45, 7) is 4.46. The summed E-state index contributed by atoms with van der Waals surface area (Å²) < 4.78 is 0. The SMILES string of the molecule is CCCCCCCCCCCCCCCCNC(=O)CC(C(=O)O)C(CCCN=C(N)N)C(=O)NCCN1CCC(NC(=O)C(=O)Nc2ccc(Cl)cc2)CC12CCCCC2. The minimum absolute atomic E-state index is 0.0835. The molecule has 1 aliphatic heterocycles. The second kappa shape index (κ2) is 29.4. The Labute approximate surface area is 369 Å². The number of aliphatic imine (C=N–C) groups is 1. The van der Waals surface area contributed by atoms with Crippen LogP contribution < -0.4 is 32.7 Å². The average molecular weight is 874 g/mol. The fourth-order valence-corrected chi connectivity index (χ4v) is 9.24. The lowest BCUT2D eigenvalue weighted by Gasteiger charge is -2.52. The van der Waals surface area contributed by atoms with Gasteiger partial charge in [-0.05, 0) is 69.2 Å². The van der Waals surface area contributed by atoms with Gasteiger partial charge in [-0.15, -0.1) is 0 Å². The molecule has 61 heavy (non-hydrogen) atoms. The summed E-state index contributed by atoms with van der Waals surface area (Å²) in [6, 6.07) is 6.37. The topological polar surface area (TPSA) is 221 Å². The normalized spacial score (nSPS) is 17.2. The molecule has 4 amide bonds. The van der Waals surface area contributed by atoms with Gasteiger partial charge in [0.05, 0.1) is 11.8 Å². The van der Waals surface area contributed by atoms with Crippen molar-refractivity contribution >= 4 is 52.8 Å². The molecule has 1 aromatic rings. The molecule has 9 N–H and O–H groups in total. The predicted octanol–water partition coefficient (Wildman–Crippen LogP) is 7.04. The fraction of sp³-hybridized carbons (Fsp3) is 0.739. The molecule has 14 nitrogen and oxygen atoms in total. The van der Waals surface area contributed by atoms with Gasteiger partial charge < -0.3 is 37.8 Å². The average Bonchev–Trinajstić information content (AvgIpc) is 3.23. The van der Waals surface area contributed by atoms with Crippen LogP contribution in [0.3, 0.4) is 0 Å². The summed E-state index contributed by atoms with van der Waals surface area (Å²) in [5.41, 5.74) is 11.3. The summed E-state index contributed by atoms with van der Waals surface area (Å²) >= 11 is 5.94. The summed E-state index contributed by atoms with van der Waals surface area (Å²) in [7, 11) is 0. The molecule has 1 heterocycles. The van der Waals surface area contributed by atoms with Gasteiger partial charge in [0.1, 0.15) is 0 Å². The smallest absolute Gasteiger partial charge is 0.313 e. The van der Waals surface area contributed by atoms with E-state index < -0.39 is 35.5 Å². The van der Waals surface area contributed by atoms with Crippen LogP contribution in [-0.4, -0.2) is 89.9 Å². The number of unbranched alkanes of at least 4 members (excludes halogenated alkanes) is 13. The number of carboxylic acids is 1. The van der Waals surface area contributed by atoms with Crippen molar-refractivity contribution in [2.24, 2.45) is 28.3 Å². The largest absolute Gasteiger partial charge is 0.481 e. The lowest BCUT2D eigenvalue weighted by Crippen LogP contribution is -2.60. The molecule has 2 fully saturated rings. The maximum Gasteiger partial charge on any atom is 0.313 e. The van der Waals surface area contributed by atoms with Crippen molar-refractivity contribution in [3.63, 3.8) is 0 Å². The van der Waals surface area contributed by atoms with E-state index in [1.165, 1.54) is 70.6 Å². The maximum absolute atomic E-state index is 13.8. The number of nitrogens with one attached hydrogen (secondary N) is 4. The first-order valence-electron chi connectivity index (χ1n) is 23.4. The Hall–Kier alpha value is -3.91. The van der Waals surface area contributed by atoms with Gasteiger partial charge in [0.25, 0.3) is 0 Å². The van der Waals surface area contributed by atoms with Crippen LogP contribution in [-0.2, 0) is 24.0 Å². The first kappa shape index (κ1) is 51.4. The minimum Gasteiger partial charge on any atom is -0.481 e. The molecule has 1 saturated carbocycles. The number of carbonyl (C=O) groups excluding carboxylic acids is 4. The zero-order chi connectivity index (χ0) is 44.3. The van der Waals surface area contributed by atoms with Crippen molar-refractivity contribution in [2.45, 2.75) is 173 Å². The Morgan fingerprint density at radius 3 is 2.00 bits per heavy atom. The quantitative estimate of drug-likeness (QED) is 0.0190. The number of anilines is 1. The van der Waals surface area contributed by atoms with Crippen LogP contribution in [0.25, 0.3) is 0 Å². The second-order valence-corrected chi connectivity index (χ2v) is 17.8. The highest BCUT2D eigenvalue weighted by Gasteiger charge is 2.43. The Morgan fingerprint density at radius 1 is 0.803 bits per heavy atom. The van der Waals surface area contributed by atoms with Crippen LogP contribution in [0.4, 0.5) is 5.69 Å². The highest BCUT2D eigenvalue weighted by Crippen LogP contribution is 2.40. The first-order chi connectivity index (χ1) is 29.4. The van der Waals surface area contributed by atoms with Gasteiger partial charge in [0.15, 0.2) is 5.96 Å². The van der Waals surface area contributed by atoms with Crippen LogP contribution in [0.1, 0.15) is 161 Å². The number of nitrogens with zero attached hydrogens (tertiary/aromatic N) is 2. The van der Waals surface area contributed by atoms with Crippen LogP contribution in [0.15, 0.2) is 29.3 Å². The standard InChI is InChI=1S/C46H77ClN8O6/c1-2-3-4-5-6-7-8-9-10-11-12-13-14-18-28-50-40(56)33-39(44(60)61)38(20-19-29-52-45(48)49)41(57)51-30-32-55-31-25-37(34-46(55)26-16-15-17-27-46)54-43(59)42(58)53-36-23-21-35(47)22-24-36/h21-24,37-39H,2-20,25-34H2,1H3,(H,50,56)(H,51,57)(H,53,58)(H,54,59)(H,60,61)(H4,48,49,52). The number of halogens is 1. The molecule has 1 spiro atoms. The number of benzene rings is 1. The molecule has 0 bridgehead atoms. The number of guanidine groups is 1. The highest BCUT2D eigenvalue weighted by molar-refractivity contribution is 6.39. The van der Waals surface area contributed by atoms with Crippen molar-refractivity contribution in [1.82, 2.24) is 20.9 Å². The lowest BCUT2D eigenvalue weighted by molar-refractivity contribution is -0.149. The van der Waals surface area contributed by atoms with Gasteiger partial charge in [0.2, 0.25) is 11.8 Å². The maximum atomic E-state index is 13.8. The van der Waals surface area contributed by atoms with Crippen molar-refractivity contribution in [3.05, 3.63) is 29.3 Å². The van der Waals surface area contributed by atoms with E-state index in [1.54, 1.807) is 24.3 Å². The van der Waals surface area contributed by atoms with E-state index in [0.29, 0.717) is 56.2 Å². The van der Waals surface area contributed by atoms with Crippen molar-refractivity contribution in [1.29, 1.82) is 0 Å². The summed E-state index contributed by atoms with van der Waals surface area (Å²) in [4.78, 5) is 71.4. The van der Waals surface area contributed by atoms with Crippen molar-refractivity contribution in [2.75, 3.05) is 38.0 Å². The molecule has 3 atom stereocenters. The number of carbonyl (C=O) groups is 5. The number of carboxylic acid groups (broad SMARTS) is 1. The van der Waals surface area contributed by atoms with Crippen LogP contribution >= 0.6 is 11.6 Å². The number of piperidine rings is 1. The molecule has 0 aromatic heterocycles. The molecule has 15 heteroatoms. The monoisotopic (exact) mass is 873 g/mol. The fourth-order valence-electron chi connectivity index (χ4n) is 9.11. The molecular formula is C46H77ClN8O6. The predicted molar refractivity (Wildman–Crippen MR) is 244 cm³/mol. The van der Waals surface area contributed by atoms with Gasteiger partial charge in [-0.1, -0.05) is 121 Å². The van der Waals surface area contributed by atoms with E-state index in [1.807, 2.05) is 0 Å². The first-order valence-corrected chi connectivity index (χ1v) is 23.8. The molecule has 3 unspecified atom stereocenters. The van der Waals surface area contributed by atoms with Gasteiger partial charge in [-0.25, -0.2) is 0 Å². The molecule has 1 aromatic carbocycles. The van der Waals surface area contributed by atoms with Crippen molar-refractivity contribution < 1.29 is 29.1 Å². The van der Waals surface area contributed by atoms with E-state index in [9.17, 15) is 29.1 Å². The van der Waals surface area contributed by atoms with Gasteiger partial charge in [-0.3, -0.25) is 33.9 Å². The highest BCUT2D eigenvalue weighted by atomic mass is 35.5. The van der Waals surface area contributed by atoms with Gasteiger partial charge in [0, 0.05) is 61.4 Å². The zero-order valence-electron chi connectivity index (χ0n) is 37.0. The zero-order valence-corrected chi connectivity index (χ0v) is 37.7. The lowest BCUT2D eigenvalue weighted by atomic mass is 9.73. The Balaban J connectivity index is 1.47. The number of nitrogens with two attached hydrogens (primary N) is 2. The Bertz CT molecular complexity index is 1500. The van der Waals surface area contributed by atoms with Crippen LogP contribution in [0.2, 0.25) is 5.02 Å². The van der Waals surface area contributed by atoms with E-state index >= 15 is 0 Å². The van der Waals surface area contributed by atoms with Gasteiger partial charge >= 0.3 is 17.8 Å². The molecule has 1 saturated heterocycles. The summed E-state index contributed by atoms with van der Waals surface area (Å²) in [5.74, 6) is -5.66.